The van der Waals surface area contributed by atoms with Gasteiger partial charge in [-0.1, -0.05) is 6.07 Å². The fraction of sp³-hybridized carbons (Fsp3) is 0.400. The zero-order valence-corrected chi connectivity index (χ0v) is 14.5. The van der Waals surface area contributed by atoms with Crippen molar-refractivity contribution in [3.8, 4) is 0 Å². The molecule has 2 aliphatic heterocycles. The Bertz CT molecular complexity index is 786. The van der Waals surface area contributed by atoms with Crippen molar-refractivity contribution < 1.29 is 13.9 Å². The van der Waals surface area contributed by atoms with Gasteiger partial charge in [0.1, 0.15) is 5.82 Å². The van der Waals surface area contributed by atoms with Crippen molar-refractivity contribution in [2.45, 2.75) is 30.9 Å². The van der Waals surface area contributed by atoms with Gasteiger partial charge in [-0.15, -0.1) is 0 Å². The quantitative estimate of drug-likeness (QED) is 0.919. The van der Waals surface area contributed by atoms with Crippen LogP contribution >= 0.6 is 0 Å². The van der Waals surface area contributed by atoms with Crippen LogP contribution in [0.2, 0.25) is 0 Å². The SMILES string of the molecule is O=C(c1ccncc1)N1CCC[C@]2(C[C@@H](Nc3cccc(F)c3)CO2)C1. The molecule has 26 heavy (non-hydrogen) atoms. The summed E-state index contributed by atoms with van der Waals surface area (Å²) in [6.45, 7) is 1.90. The number of nitrogens with one attached hydrogen (secondary N) is 1. The molecule has 4 rings (SSSR count). The first-order chi connectivity index (χ1) is 12.6. The summed E-state index contributed by atoms with van der Waals surface area (Å²) in [6.07, 6.45) is 5.94. The zero-order chi connectivity index (χ0) is 18.0. The first kappa shape index (κ1) is 17.0. The lowest BCUT2D eigenvalue weighted by molar-refractivity contribution is -0.0447. The maximum absolute atomic E-state index is 13.4. The zero-order valence-electron chi connectivity index (χ0n) is 14.5. The van der Waals surface area contributed by atoms with Gasteiger partial charge >= 0.3 is 0 Å². The summed E-state index contributed by atoms with van der Waals surface area (Å²) in [6, 6.07) is 10.1. The molecular formula is C20H22FN3O2. The number of aromatic nitrogens is 1. The number of carbonyl (C=O) groups excluding carboxylic acids is 1. The molecule has 1 amide bonds. The van der Waals surface area contributed by atoms with Gasteiger partial charge in [-0.05, 0) is 43.2 Å². The van der Waals surface area contributed by atoms with Crippen molar-refractivity contribution in [1.82, 2.24) is 9.88 Å². The number of hydrogen-bond acceptors (Lipinski definition) is 4. The van der Waals surface area contributed by atoms with E-state index in [-0.39, 0.29) is 23.4 Å². The number of likely N-dealkylation sites (tertiary alicyclic amines) is 1. The van der Waals surface area contributed by atoms with Gasteiger partial charge in [-0.25, -0.2) is 4.39 Å². The summed E-state index contributed by atoms with van der Waals surface area (Å²) in [4.78, 5) is 18.6. The monoisotopic (exact) mass is 355 g/mol. The smallest absolute Gasteiger partial charge is 0.254 e. The molecule has 0 saturated carbocycles. The van der Waals surface area contributed by atoms with Gasteiger partial charge < -0.3 is 15.0 Å². The number of rotatable bonds is 3. The Labute approximate surface area is 152 Å². The Hall–Kier alpha value is -2.47. The number of benzene rings is 1. The molecule has 3 heterocycles. The fourth-order valence-electron chi connectivity index (χ4n) is 3.98. The minimum absolute atomic E-state index is 0.0246. The molecule has 2 aliphatic rings. The highest BCUT2D eigenvalue weighted by molar-refractivity contribution is 5.94. The standard InChI is InChI=1S/C20H22FN3O2/c21-16-3-1-4-17(11-16)23-18-12-20(26-13-18)7-2-10-24(14-20)19(25)15-5-8-22-9-6-15/h1,3-6,8-9,11,18,23H,2,7,10,12-14H2/t18-,20+/m1/s1. The van der Waals surface area contributed by atoms with Crippen LogP contribution in [0.3, 0.4) is 0 Å². The molecule has 136 valence electrons. The normalized spacial score (nSPS) is 25.4. The van der Waals surface area contributed by atoms with Crippen molar-refractivity contribution in [2.24, 2.45) is 0 Å². The second-order valence-corrected chi connectivity index (χ2v) is 7.12. The topological polar surface area (TPSA) is 54.5 Å². The molecule has 6 heteroatoms. The second-order valence-electron chi connectivity index (χ2n) is 7.12. The van der Waals surface area contributed by atoms with E-state index in [4.69, 9.17) is 4.74 Å². The van der Waals surface area contributed by atoms with Crippen LogP contribution in [0.15, 0.2) is 48.8 Å². The van der Waals surface area contributed by atoms with E-state index in [0.29, 0.717) is 18.7 Å². The van der Waals surface area contributed by atoms with Crippen LogP contribution in [-0.4, -0.2) is 47.1 Å². The molecule has 2 atom stereocenters. The van der Waals surface area contributed by atoms with Crippen LogP contribution in [0.1, 0.15) is 29.6 Å². The number of piperidine rings is 1. The first-order valence-electron chi connectivity index (χ1n) is 8.99. The van der Waals surface area contributed by atoms with Crippen LogP contribution in [0.25, 0.3) is 0 Å². The highest BCUT2D eigenvalue weighted by atomic mass is 19.1. The van der Waals surface area contributed by atoms with Crippen molar-refractivity contribution in [2.75, 3.05) is 25.0 Å². The number of anilines is 1. The molecule has 2 saturated heterocycles. The van der Waals surface area contributed by atoms with E-state index in [0.717, 1.165) is 31.5 Å². The molecule has 2 aromatic rings. The molecule has 1 aromatic heterocycles. The van der Waals surface area contributed by atoms with Crippen LogP contribution in [-0.2, 0) is 4.74 Å². The Morgan fingerprint density at radius 3 is 2.96 bits per heavy atom. The van der Waals surface area contributed by atoms with Crippen molar-refractivity contribution in [1.29, 1.82) is 0 Å². The average Bonchev–Trinajstić information content (AvgIpc) is 3.03. The Morgan fingerprint density at radius 1 is 1.31 bits per heavy atom. The number of amides is 1. The highest BCUT2D eigenvalue weighted by Gasteiger charge is 2.44. The number of pyridine rings is 1. The predicted octanol–water partition coefficient (Wildman–Crippen LogP) is 3.10. The second kappa shape index (κ2) is 7.03. The number of ether oxygens (including phenoxy) is 1. The molecule has 5 nitrogen and oxygen atoms in total. The van der Waals surface area contributed by atoms with Crippen LogP contribution in [0.5, 0.6) is 0 Å². The lowest BCUT2D eigenvalue weighted by atomic mass is 9.88. The maximum Gasteiger partial charge on any atom is 0.254 e. The van der Waals surface area contributed by atoms with E-state index in [1.54, 1.807) is 30.6 Å². The van der Waals surface area contributed by atoms with Gasteiger partial charge in [-0.3, -0.25) is 9.78 Å². The van der Waals surface area contributed by atoms with Crippen LogP contribution < -0.4 is 5.32 Å². The maximum atomic E-state index is 13.4. The van der Waals surface area contributed by atoms with E-state index in [9.17, 15) is 9.18 Å². The van der Waals surface area contributed by atoms with Crippen molar-refractivity contribution >= 4 is 11.6 Å². The van der Waals surface area contributed by atoms with E-state index in [2.05, 4.69) is 10.3 Å². The summed E-state index contributed by atoms with van der Waals surface area (Å²) in [5, 5.41) is 3.35. The molecule has 0 bridgehead atoms. The van der Waals surface area contributed by atoms with E-state index < -0.39 is 0 Å². The lowest BCUT2D eigenvalue weighted by Crippen LogP contribution is -2.50. The largest absolute Gasteiger partial charge is 0.380 e. The van der Waals surface area contributed by atoms with Gasteiger partial charge in [0.05, 0.1) is 24.8 Å². The van der Waals surface area contributed by atoms with Gasteiger partial charge in [0.2, 0.25) is 0 Å². The molecular weight excluding hydrogens is 333 g/mol. The molecule has 1 aromatic carbocycles. The molecule has 1 N–H and O–H groups in total. The van der Waals surface area contributed by atoms with E-state index in [1.807, 2.05) is 11.0 Å². The summed E-state index contributed by atoms with van der Waals surface area (Å²) < 4.78 is 19.5. The summed E-state index contributed by atoms with van der Waals surface area (Å²) in [7, 11) is 0. The third-order valence-electron chi connectivity index (χ3n) is 5.16. The van der Waals surface area contributed by atoms with Crippen molar-refractivity contribution in [3.63, 3.8) is 0 Å². The Kier molecular flexibility index (Phi) is 4.59. The first-order valence-corrected chi connectivity index (χ1v) is 8.99. The Morgan fingerprint density at radius 2 is 2.15 bits per heavy atom. The van der Waals surface area contributed by atoms with Crippen LogP contribution in [0.4, 0.5) is 10.1 Å². The van der Waals surface area contributed by atoms with Gasteiger partial charge in [0.25, 0.3) is 5.91 Å². The molecule has 0 radical (unpaired) electrons. The number of nitrogens with zero attached hydrogens (tertiary/aromatic N) is 2. The van der Waals surface area contributed by atoms with Crippen LogP contribution in [0, 0.1) is 5.82 Å². The third-order valence-corrected chi connectivity index (χ3v) is 5.16. The Balaban J connectivity index is 1.42. The van der Waals surface area contributed by atoms with Crippen molar-refractivity contribution in [3.05, 3.63) is 60.2 Å². The summed E-state index contributed by atoms with van der Waals surface area (Å²) in [5.74, 6) is -0.230. The molecule has 2 fully saturated rings. The van der Waals surface area contributed by atoms with Gasteiger partial charge in [0, 0.05) is 36.6 Å². The summed E-state index contributed by atoms with van der Waals surface area (Å²) in [5.41, 5.74) is 1.10. The van der Waals surface area contributed by atoms with Gasteiger partial charge in [-0.2, -0.15) is 0 Å². The highest BCUT2D eigenvalue weighted by Crippen LogP contribution is 2.36. The molecule has 0 aliphatic carbocycles. The third kappa shape index (κ3) is 3.55. The lowest BCUT2D eigenvalue weighted by Gasteiger charge is -2.39. The van der Waals surface area contributed by atoms with E-state index in [1.165, 1.54) is 12.1 Å². The van der Waals surface area contributed by atoms with Gasteiger partial charge in [0.15, 0.2) is 0 Å². The number of halogens is 1. The fourth-order valence-corrected chi connectivity index (χ4v) is 3.98. The average molecular weight is 355 g/mol. The minimum Gasteiger partial charge on any atom is -0.380 e. The molecule has 0 unspecified atom stereocenters. The molecule has 1 spiro atoms. The number of carbonyl (C=O) groups is 1. The number of hydrogen-bond donors (Lipinski definition) is 1. The van der Waals surface area contributed by atoms with E-state index >= 15 is 0 Å². The predicted molar refractivity (Wildman–Crippen MR) is 96.5 cm³/mol. The summed E-state index contributed by atoms with van der Waals surface area (Å²) >= 11 is 0. The minimum atomic E-state index is -0.314.